The largest absolute Gasteiger partial charge is 0.352 e. The molecule has 6 heterocycles. The van der Waals surface area contributed by atoms with E-state index in [0.29, 0.717) is 25.1 Å². The van der Waals surface area contributed by atoms with Crippen molar-refractivity contribution in [3.05, 3.63) is 107 Å². The predicted octanol–water partition coefficient (Wildman–Crippen LogP) is 5.58. The molecule has 4 aromatic rings. The van der Waals surface area contributed by atoms with Crippen molar-refractivity contribution in [1.29, 1.82) is 0 Å². The summed E-state index contributed by atoms with van der Waals surface area (Å²) in [6.07, 6.45) is 12.9. The van der Waals surface area contributed by atoms with Crippen LogP contribution in [0.5, 0.6) is 0 Å². The molecule has 184 valence electrons. The van der Waals surface area contributed by atoms with E-state index in [1.54, 1.807) is 12.5 Å². The number of hydrogen-bond acceptors (Lipinski definition) is 6. The van der Waals surface area contributed by atoms with Crippen LogP contribution in [0.1, 0.15) is 28.7 Å². The van der Waals surface area contributed by atoms with E-state index in [9.17, 15) is 4.79 Å². The van der Waals surface area contributed by atoms with Gasteiger partial charge < -0.3 is 10.6 Å². The third-order valence-electron chi connectivity index (χ3n) is 7.22. The molecular formula is C31H24N6O. The van der Waals surface area contributed by atoms with E-state index in [1.807, 2.05) is 30.7 Å². The number of nitrogens with zero attached hydrogens (tertiary/aromatic N) is 4. The molecule has 4 aliphatic rings. The number of rotatable bonds is 0. The number of allylic oxidation sites excluding steroid dienone is 2. The Morgan fingerprint density at radius 2 is 1.74 bits per heavy atom. The molecule has 10 bridgehead atoms. The van der Waals surface area contributed by atoms with Gasteiger partial charge in [-0.15, -0.1) is 0 Å². The molecule has 2 N–H and O–H groups in total. The monoisotopic (exact) mass is 496 g/mol. The minimum Gasteiger partial charge on any atom is -0.352 e. The van der Waals surface area contributed by atoms with E-state index >= 15 is 0 Å². The summed E-state index contributed by atoms with van der Waals surface area (Å²) in [5, 5.41) is 6.63. The smallest absolute Gasteiger partial charge is 0.224 e. The van der Waals surface area contributed by atoms with Gasteiger partial charge in [0.25, 0.3) is 0 Å². The summed E-state index contributed by atoms with van der Waals surface area (Å²) in [5.41, 5.74) is 11.9. The second kappa shape index (κ2) is 9.19. The van der Waals surface area contributed by atoms with E-state index in [0.717, 1.165) is 62.5 Å². The lowest BCUT2D eigenvalue weighted by Crippen LogP contribution is -2.19. The lowest BCUT2D eigenvalue weighted by molar-refractivity contribution is -0.116. The van der Waals surface area contributed by atoms with Gasteiger partial charge in [0, 0.05) is 35.5 Å². The van der Waals surface area contributed by atoms with Gasteiger partial charge in [-0.25, -0.2) is 4.99 Å². The lowest BCUT2D eigenvalue weighted by atomic mass is 9.91. The molecule has 1 amide bonds. The van der Waals surface area contributed by atoms with Crippen LogP contribution in [0.15, 0.2) is 95.1 Å². The van der Waals surface area contributed by atoms with E-state index in [1.165, 1.54) is 5.56 Å². The molecule has 0 spiro atoms. The molecule has 7 heteroatoms. The number of carbonyl (C=O) groups excluding carboxylic acids is 1. The van der Waals surface area contributed by atoms with E-state index in [-0.39, 0.29) is 5.91 Å². The van der Waals surface area contributed by atoms with Crippen molar-refractivity contribution in [1.82, 2.24) is 9.97 Å². The number of carbonyl (C=O) groups is 1. The maximum absolute atomic E-state index is 12.8. The Balaban J connectivity index is 1.40. The first kappa shape index (κ1) is 22.3. The summed E-state index contributed by atoms with van der Waals surface area (Å²) in [6.45, 7) is 0.558. The zero-order valence-electron chi connectivity index (χ0n) is 20.6. The van der Waals surface area contributed by atoms with Crippen molar-refractivity contribution in [3.63, 3.8) is 0 Å². The second-order valence-electron chi connectivity index (χ2n) is 9.68. The first-order valence-electron chi connectivity index (χ1n) is 12.7. The van der Waals surface area contributed by atoms with Crippen LogP contribution in [-0.4, -0.2) is 27.9 Å². The Morgan fingerprint density at radius 3 is 2.71 bits per heavy atom. The number of hydrogen-bond donors (Lipinski definition) is 2. The van der Waals surface area contributed by atoms with Crippen LogP contribution in [0.2, 0.25) is 0 Å². The molecule has 0 fully saturated rings. The number of pyridine rings is 2. The molecule has 4 aliphatic heterocycles. The number of fused-ring (bicyclic) bond motifs is 4. The van der Waals surface area contributed by atoms with Crippen LogP contribution in [-0.2, 0) is 24.2 Å². The van der Waals surface area contributed by atoms with Crippen LogP contribution >= 0.6 is 0 Å². The minimum atomic E-state index is -0.0407. The Morgan fingerprint density at radius 1 is 0.789 bits per heavy atom. The van der Waals surface area contributed by atoms with Crippen LogP contribution in [0.25, 0.3) is 22.3 Å². The highest BCUT2D eigenvalue weighted by Gasteiger charge is 2.22. The highest BCUT2D eigenvalue weighted by atomic mass is 16.1. The first-order chi connectivity index (χ1) is 18.7. The standard InChI is InChI=1S/C31H24N6O/c38-30-9-4-19-2-1-3-21(10-19)27-16-33-17-29-25(27)7-8-28(37-29)31-26-12-20(5-6-22(26)13-34-18-35-31)23-11-24(36-30)15-32-14-23/h1-3,5-6,8,10-12,14-18,37H,4,7,9,13H2,(H,36,38). The summed E-state index contributed by atoms with van der Waals surface area (Å²) in [7, 11) is 0. The highest BCUT2D eigenvalue weighted by Crippen LogP contribution is 2.35. The summed E-state index contributed by atoms with van der Waals surface area (Å²) in [6, 6.07) is 16.6. The molecule has 8 rings (SSSR count). The Hall–Kier alpha value is -4.91. The summed E-state index contributed by atoms with van der Waals surface area (Å²) >= 11 is 0. The van der Waals surface area contributed by atoms with E-state index in [4.69, 9.17) is 4.99 Å². The van der Waals surface area contributed by atoms with Crippen molar-refractivity contribution in [2.45, 2.75) is 25.8 Å². The third kappa shape index (κ3) is 4.08. The Bertz CT molecular complexity index is 1700. The van der Waals surface area contributed by atoms with Crippen LogP contribution in [0.3, 0.4) is 0 Å². The predicted molar refractivity (Wildman–Crippen MR) is 150 cm³/mol. The second-order valence-corrected chi connectivity index (χ2v) is 9.68. The molecule has 38 heavy (non-hydrogen) atoms. The van der Waals surface area contributed by atoms with Crippen LogP contribution < -0.4 is 10.6 Å². The lowest BCUT2D eigenvalue weighted by Gasteiger charge is -2.23. The summed E-state index contributed by atoms with van der Waals surface area (Å²) in [5.74, 6) is -0.0407. The molecule has 0 atom stereocenters. The third-order valence-corrected chi connectivity index (χ3v) is 7.22. The molecule has 0 radical (unpaired) electrons. The van der Waals surface area contributed by atoms with Crippen molar-refractivity contribution >= 4 is 29.3 Å². The number of aliphatic imine (C=N–C) groups is 2. The maximum Gasteiger partial charge on any atom is 0.224 e. The number of aromatic nitrogens is 2. The zero-order valence-corrected chi connectivity index (χ0v) is 20.6. The zero-order chi connectivity index (χ0) is 25.5. The number of anilines is 2. The average molecular weight is 497 g/mol. The van der Waals surface area contributed by atoms with Gasteiger partial charge in [0.15, 0.2) is 0 Å². The Kier molecular flexibility index (Phi) is 5.39. The van der Waals surface area contributed by atoms with Gasteiger partial charge in [-0.1, -0.05) is 42.5 Å². The fourth-order valence-electron chi connectivity index (χ4n) is 5.30. The summed E-state index contributed by atoms with van der Waals surface area (Å²) in [4.78, 5) is 31.0. The summed E-state index contributed by atoms with van der Waals surface area (Å²) < 4.78 is 0. The number of aryl methyl sites for hydroxylation is 1. The topological polar surface area (TPSA) is 91.6 Å². The Labute approximate surface area is 220 Å². The van der Waals surface area contributed by atoms with Crippen molar-refractivity contribution in [3.8, 4) is 22.3 Å². The normalized spacial score (nSPS) is 15.6. The molecule has 2 aromatic carbocycles. The van der Waals surface area contributed by atoms with E-state index < -0.39 is 0 Å². The maximum atomic E-state index is 12.8. The van der Waals surface area contributed by atoms with Gasteiger partial charge in [-0.05, 0) is 52.8 Å². The van der Waals surface area contributed by atoms with Gasteiger partial charge in [0.1, 0.15) is 6.34 Å². The molecular weight excluding hydrogens is 472 g/mol. The minimum absolute atomic E-state index is 0.0407. The quantitative estimate of drug-likeness (QED) is 0.333. The van der Waals surface area contributed by atoms with Crippen molar-refractivity contribution in [2.75, 3.05) is 10.6 Å². The average Bonchev–Trinajstić information content (AvgIpc) is 3.17. The van der Waals surface area contributed by atoms with Gasteiger partial charge in [0.05, 0.1) is 41.7 Å². The van der Waals surface area contributed by atoms with Crippen LogP contribution in [0.4, 0.5) is 11.4 Å². The molecule has 2 aromatic heterocycles. The SMILES string of the molecule is O=C1CCc2cccc(c2)-c2cncc3c2CC=C(N3)C2=NC=NCc3ccc(cc32)-c2cncc(c2)N1. The fraction of sp³-hybridized carbons (Fsp3) is 0.129. The molecule has 7 nitrogen and oxygen atoms in total. The van der Waals surface area contributed by atoms with Crippen LogP contribution in [0, 0.1) is 0 Å². The molecule has 0 aliphatic carbocycles. The number of benzene rings is 2. The molecule has 0 unspecified atom stereocenters. The molecule has 0 saturated carbocycles. The highest BCUT2D eigenvalue weighted by molar-refractivity contribution is 6.18. The van der Waals surface area contributed by atoms with Gasteiger partial charge in [-0.3, -0.25) is 19.8 Å². The van der Waals surface area contributed by atoms with E-state index in [2.05, 4.69) is 68.1 Å². The van der Waals surface area contributed by atoms with Gasteiger partial charge in [-0.2, -0.15) is 0 Å². The van der Waals surface area contributed by atoms with Gasteiger partial charge in [0.2, 0.25) is 5.91 Å². The van der Waals surface area contributed by atoms with Crippen molar-refractivity contribution < 1.29 is 4.79 Å². The number of nitrogens with one attached hydrogen (secondary N) is 2. The molecule has 0 saturated heterocycles. The fourth-order valence-corrected chi connectivity index (χ4v) is 5.30. The number of amides is 1. The van der Waals surface area contributed by atoms with Gasteiger partial charge >= 0.3 is 0 Å². The van der Waals surface area contributed by atoms with Crippen molar-refractivity contribution in [2.24, 2.45) is 9.98 Å². The first-order valence-corrected chi connectivity index (χ1v) is 12.7.